The summed E-state index contributed by atoms with van der Waals surface area (Å²) in [5, 5.41) is 16.0. The molecule has 1 aliphatic rings. The van der Waals surface area contributed by atoms with Gasteiger partial charge in [-0.1, -0.05) is 48.5 Å². The van der Waals surface area contributed by atoms with E-state index in [1.54, 1.807) is 4.90 Å². The molecule has 0 aliphatic carbocycles. The third kappa shape index (κ3) is 7.39. The molecule has 3 amide bonds. The maximum Gasteiger partial charge on any atom is 0.328 e. The first kappa shape index (κ1) is 26.9. The first-order valence-electron chi connectivity index (χ1n) is 12.2. The van der Waals surface area contributed by atoms with Crippen molar-refractivity contribution < 1.29 is 24.3 Å². The molecule has 1 atom stereocenters. The Bertz CT molecular complexity index is 1120. The minimum absolute atomic E-state index is 0.0424. The highest BCUT2D eigenvalue weighted by atomic mass is 16.4. The molecule has 0 bridgehead atoms. The fourth-order valence-corrected chi connectivity index (χ4v) is 4.68. The van der Waals surface area contributed by atoms with Crippen molar-refractivity contribution in [2.75, 3.05) is 32.7 Å². The highest BCUT2D eigenvalue weighted by molar-refractivity contribution is 5.88. The third-order valence-corrected chi connectivity index (χ3v) is 6.60. The molecule has 1 saturated heterocycles. The van der Waals surface area contributed by atoms with Crippen LogP contribution in [0.2, 0.25) is 0 Å². The second-order valence-electron chi connectivity index (χ2n) is 8.98. The van der Waals surface area contributed by atoms with Gasteiger partial charge in [0.25, 0.3) is 0 Å². The van der Waals surface area contributed by atoms with E-state index in [2.05, 4.69) is 58.9 Å². The van der Waals surface area contributed by atoms with E-state index >= 15 is 0 Å². The number of carboxylic acids is 1. The molecule has 0 radical (unpaired) electrons. The molecule has 9 heteroatoms. The molecule has 1 heterocycles. The quantitative estimate of drug-likeness (QED) is 0.435. The monoisotopic (exact) mass is 494 g/mol. The average Bonchev–Trinajstić information content (AvgIpc) is 2.87. The number of rotatable bonds is 10. The van der Waals surface area contributed by atoms with Crippen LogP contribution in [0, 0.1) is 0 Å². The molecule has 1 unspecified atom stereocenters. The van der Waals surface area contributed by atoms with Gasteiger partial charge in [0.05, 0.1) is 13.1 Å². The van der Waals surface area contributed by atoms with Crippen molar-refractivity contribution in [1.29, 1.82) is 0 Å². The number of carbonyl (C=O) groups is 4. The Morgan fingerprint density at radius 3 is 2.44 bits per heavy atom. The molecule has 36 heavy (non-hydrogen) atoms. The van der Waals surface area contributed by atoms with E-state index in [1.165, 1.54) is 29.3 Å². The Hall–Kier alpha value is -3.72. The number of amides is 3. The van der Waals surface area contributed by atoms with Crippen molar-refractivity contribution in [3.63, 3.8) is 0 Å². The van der Waals surface area contributed by atoms with Gasteiger partial charge < -0.3 is 20.6 Å². The summed E-state index contributed by atoms with van der Waals surface area (Å²) in [6, 6.07) is 14.9. The summed E-state index contributed by atoms with van der Waals surface area (Å²) < 4.78 is 0. The lowest BCUT2D eigenvalue weighted by molar-refractivity contribution is -0.138. The first-order valence-corrected chi connectivity index (χ1v) is 12.2. The molecule has 9 nitrogen and oxygen atoms in total. The molecule has 3 N–H and O–H groups in total. The van der Waals surface area contributed by atoms with Crippen LogP contribution in [-0.4, -0.2) is 77.4 Å². The molecule has 192 valence electrons. The molecule has 0 aromatic heterocycles. The van der Waals surface area contributed by atoms with Gasteiger partial charge in [0.15, 0.2) is 0 Å². The van der Waals surface area contributed by atoms with Crippen LogP contribution in [0.3, 0.4) is 0 Å². The standard InChI is InChI=1S/C27H34N4O5/c1-19(23-10-5-8-21-7-3-4-9-24(21)23)30-15-12-22(13-16-30)31(20(2)32)18-26(34)29-17-25(33)28-14-6-11-27(35)36/h3-11,19,22H,12-18H2,1-2H3,(H,28,33)(H,29,34)(H,35,36)/b11-6+. The fraction of sp³-hybridized carbons (Fsp3) is 0.407. The van der Waals surface area contributed by atoms with Gasteiger partial charge in [0.1, 0.15) is 0 Å². The average molecular weight is 495 g/mol. The second-order valence-corrected chi connectivity index (χ2v) is 8.98. The van der Waals surface area contributed by atoms with E-state index < -0.39 is 17.8 Å². The summed E-state index contributed by atoms with van der Waals surface area (Å²) >= 11 is 0. The summed E-state index contributed by atoms with van der Waals surface area (Å²) in [4.78, 5) is 51.0. The fourth-order valence-electron chi connectivity index (χ4n) is 4.68. The summed E-state index contributed by atoms with van der Waals surface area (Å²) in [7, 11) is 0. The van der Waals surface area contributed by atoms with Crippen LogP contribution in [0.4, 0.5) is 0 Å². The Morgan fingerprint density at radius 1 is 1.06 bits per heavy atom. The minimum atomic E-state index is -1.10. The van der Waals surface area contributed by atoms with E-state index in [1.807, 2.05) is 6.07 Å². The Labute approximate surface area is 211 Å². The molecule has 1 fully saturated rings. The molecular formula is C27H34N4O5. The molecule has 2 aromatic carbocycles. The van der Waals surface area contributed by atoms with Crippen LogP contribution in [-0.2, 0) is 19.2 Å². The van der Waals surface area contributed by atoms with Crippen LogP contribution in [0.5, 0.6) is 0 Å². The van der Waals surface area contributed by atoms with E-state index in [9.17, 15) is 19.2 Å². The van der Waals surface area contributed by atoms with E-state index in [0.29, 0.717) is 0 Å². The number of carbonyl (C=O) groups excluding carboxylic acids is 3. The lowest BCUT2D eigenvalue weighted by Crippen LogP contribution is -2.51. The SMILES string of the molecule is CC(=O)N(CC(=O)NCC(=O)NC/C=C/C(=O)O)C1CCN(C(C)c2cccc3ccccc23)CC1. The number of hydrogen-bond acceptors (Lipinski definition) is 5. The molecular weight excluding hydrogens is 460 g/mol. The van der Waals surface area contributed by atoms with E-state index in [0.717, 1.165) is 32.0 Å². The van der Waals surface area contributed by atoms with Crippen molar-refractivity contribution in [2.24, 2.45) is 0 Å². The van der Waals surface area contributed by atoms with Crippen LogP contribution < -0.4 is 10.6 Å². The highest BCUT2D eigenvalue weighted by Gasteiger charge is 2.30. The van der Waals surface area contributed by atoms with Gasteiger partial charge in [-0.05, 0) is 36.1 Å². The van der Waals surface area contributed by atoms with Gasteiger partial charge in [-0.3, -0.25) is 19.3 Å². The number of fused-ring (bicyclic) bond motifs is 1. The summed E-state index contributed by atoms with van der Waals surface area (Å²) in [6.07, 6.45) is 3.75. The van der Waals surface area contributed by atoms with Crippen molar-refractivity contribution in [1.82, 2.24) is 20.4 Å². The summed E-state index contributed by atoms with van der Waals surface area (Å²) in [5.41, 5.74) is 1.28. The highest BCUT2D eigenvalue weighted by Crippen LogP contribution is 2.30. The Balaban J connectivity index is 1.50. The number of nitrogens with zero attached hydrogens (tertiary/aromatic N) is 2. The van der Waals surface area contributed by atoms with Crippen LogP contribution in [0.1, 0.15) is 38.3 Å². The normalized spacial score (nSPS) is 15.5. The molecule has 1 aliphatic heterocycles. The zero-order valence-corrected chi connectivity index (χ0v) is 20.8. The summed E-state index contributed by atoms with van der Waals surface area (Å²) in [5.74, 6) is -2.12. The molecule has 2 aromatic rings. The second kappa shape index (κ2) is 12.8. The maximum atomic E-state index is 12.4. The predicted molar refractivity (Wildman–Crippen MR) is 137 cm³/mol. The van der Waals surface area contributed by atoms with E-state index in [-0.39, 0.29) is 37.6 Å². The predicted octanol–water partition coefficient (Wildman–Crippen LogP) is 2.09. The number of aliphatic carboxylic acids is 1. The molecule has 0 spiro atoms. The zero-order chi connectivity index (χ0) is 26.1. The maximum absolute atomic E-state index is 12.4. The van der Waals surface area contributed by atoms with Gasteiger partial charge in [0.2, 0.25) is 17.7 Å². The Morgan fingerprint density at radius 2 is 1.75 bits per heavy atom. The van der Waals surface area contributed by atoms with Crippen LogP contribution >= 0.6 is 0 Å². The number of likely N-dealkylation sites (tertiary alicyclic amines) is 1. The molecule has 3 rings (SSSR count). The van der Waals surface area contributed by atoms with Gasteiger partial charge in [-0.15, -0.1) is 0 Å². The topological polar surface area (TPSA) is 119 Å². The van der Waals surface area contributed by atoms with E-state index in [4.69, 9.17) is 5.11 Å². The third-order valence-electron chi connectivity index (χ3n) is 6.60. The van der Waals surface area contributed by atoms with Crippen molar-refractivity contribution in [3.8, 4) is 0 Å². The number of carboxylic acid groups (broad SMARTS) is 1. The van der Waals surface area contributed by atoms with Gasteiger partial charge >= 0.3 is 5.97 Å². The van der Waals surface area contributed by atoms with Crippen molar-refractivity contribution >= 4 is 34.5 Å². The van der Waals surface area contributed by atoms with Gasteiger partial charge in [-0.2, -0.15) is 0 Å². The first-order chi connectivity index (χ1) is 17.3. The van der Waals surface area contributed by atoms with Crippen molar-refractivity contribution in [3.05, 3.63) is 60.2 Å². The number of hydrogen-bond donors (Lipinski definition) is 3. The minimum Gasteiger partial charge on any atom is -0.478 e. The van der Waals surface area contributed by atoms with Crippen LogP contribution in [0.25, 0.3) is 10.8 Å². The zero-order valence-electron chi connectivity index (χ0n) is 20.8. The number of piperidine rings is 1. The smallest absolute Gasteiger partial charge is 0.328 e. The summed E-state index contributed by atoms with van der Waals surface area (Å²) in [6.45, 7) is 4.99. The van der Waals surface area contributed by atoms with Crippen LogP contribution in [0.15, 0.2) is 54.6 Å². The number of nitrogens with one attached hydrogen (secondary N) is 2. The van der Waals surface area contributed by atoms with Crippen molar-refractivity contribution in [2.45, 2.75) is 38.8 Å². The van der Waals surface area contributed by atoms with Gasteiger partial charge in [-0.25, -0.2) is 4.79 Å². The largest absolute Gasteiger partial charge is 0.478 e. The lowest BCUT2D eigenvalue weighted by Gasteiger charge is -2.40. The Kier molecular flexibility index (Phi) is 9.58. The molecule has 0 saturated carbocycles. The van der Waals surface area contributed by atoms with Gasteiger partial charge in [0, 0.05) is 44.7 Å². The number of benzene rings is 2. The lowest BCUT2D eigenvalue weighted by atomic mass is 9.95.